The zero-order valence-electron chi connectivity index (χ0n) is 16.2. The Hall–Kier alpha value is -1.92. The molecule has 0 aliphatic carbocycles. The van der Waals surface area contributed by atoms with Gasteiger partial charge in [-0.05, 0) is 40.5 Å². The summed E-state index contributed by atoms with van der Waals surface area (Å²) in [4.78, 5) is 42.0. The van der Waals surface area contributed by atoms with Crippen molar-refractivity contribution in [3.63, 3.8) is 0 Å². The van der Waals surface area contributed by atoms with Crippen LogP contribution in [0.1, 0.15) is 54.4 Å². The summed E-state index contributed by atoms with van der Waals surface area (Å²) in [7, 11) is 3.07. The Morgan fingerprint density at radius 2 is 1.62 bits per heavy atom. The van der Waals surface area contributed by atoms with Crippen LogP contribution in [0.5, 0.6) is 0 Å². The molecule has 0 fully saturated rings. The van der Waals surface area contributed by atoms with Gasteiger partial charge in [-0.2, -0.15) is 0 Å². The van der Waals surface area contributed by atoms with Crippen LogP contribution >= 0.6 is 0 Å². The van der Waals surface area contributed by atoms with E-state index in [0.29, 0.717) is 19.4 Å². The van der Waals surface area contributed by atoms with Crippen LogP contribution in [0.25, 0.3) is 0 Å². The van der Waals surface area contributed by atoms with Gasteiger partial charge in [0.05, 0.1) is 0 Å². The first-order valence-electron chi connectivity index (χ1n) is 8.12. The standard InChI is InChI=1S/C17H31N3O4/c1-12(13(2)21)10-9-11-18-15(19(7)14(3)22)20(8)16(23)24-17(4,5)6/h12H,9-11H2,1-8H3. The van der Waals surface area contributed by atoms with Crippen LogP contribution in [0.2, 0.25) is 0 Å². The maximum atomic E-state index is 12.2. The first-order chi connectivity index (χ1) is 10.9. The third-order valence-corrected chi connectivity index (χ3v) is 3.48. The highest BCUT2D eigenvalue weighted by Gasteiger charge is 2.26. The van der Waals surface area contributed by atoms with Crippen molar-refractivity contribution in [3.8, 4) is 0 Å². The largest absolute Gasteiger partial charge is 0.443 e. The first-order valence-corrected chi connectivity index (χ1v) is 8.12. The number of rotatable bonds is 5. The van der Waals surface area contributed by atoms with Crippen LogP contribution in [-0.2, 0) is 14.3 Å². The number of guanidine groups is 1. The highest BCUT2D eigenvalue weighted by atomic mass is 16.6. The summed E-state index contributed by atoms with van der Waals surface area (Å²) in [5.41, 5.74) is -0.637. The molecule has 0 aromatic heterocycles. The Morgan fingerprint density at radius 1 is 1.08 bits per heavy atom. The minimum atomic E-state index is -0.637. The Morgan fingerprint density at radius 3 is 2.04 bits per heavy atom. The summed E-state index contributed by atoms with van der Waals surface area (Å²) in [5.74, 6) is 0.122. The molecule has 0 aliphatic heterocycles. The Balaban J connectivity index is 5.04. The molecule has 2 amide bonds. The molecule has 0 bridgehead atoms. The normalized spacial score (nSPS) is 13.2. The third kappa shape index (κ3) is 8.08. The van der Waals surface area contributed by atoms with Crippen LogP contribution in [0.15, 0.2) is 4.99 Å². The van der Waals surface area contributed by atoms with Gasteiger partial charge in [0.25, 0.3) is 0 Å². The lowest BCUT2D eigenvalue weighted by molar-refractivity contribution is -0.124. The summed E-state index contributed by atoms with van der Waals surface area (Å²) in [6, 6.07) is 0. The van der Waals surface area contributed by atoms with E-state index in [1.165, 1.54) is 23.8 Å². The number of hydrogen-bond donors (Lipinski definition) is 0. The molecule has 0 aromatic carbocycles. The van der Waals surface area contributed by atoms with Crippen LogP contribution in [0.3, 0.4) is 0 Å². The quantitative estimate of drug-likeness (QED) is 0.437. The van der Waals surface area contributed by atoms with Gasteiger partial charge in [-0.1, -0.05) is 6.92 Å². The number of aliphatic imine (C=N–C) groups is 1. The molecule has 1 unspecified atom stereocenters. The number of carbonyl (C=O) groups is 3. The van der Waals surface area contributed by atoms with Crippen LogP contribution in [0.4, 0.5) is 4.79 Å². The van der Waals surface area contributed by atoms with Gasteiger partial charge in [0.2, 0.25) is 11.9 Å². The van der Waals surface area contributed by atoms with Gasteiger partial charge >= 0.3 is 6.09 Å². The van der Waals surface area contributed by atoms with E-state index in [9.17, 15) is 14.4 Å². The number of carbonyl (C=O) groups excluding carboxylic acids is 3. The van der Waals surface area contributed by atoms with Gasteiger partial charge in [-0.25, -0.2) is 4.79 Å². The van der Waals surface area contributed by atoms with Gasteiger partial charge in [0, 0.05) is 33.5 Å². The fourth-order valence-corrected chi connectivity index (χ4v) is 1.77. The second-order valence-corrected chi connectivity index (χ2v) is 6.95. The fraction of sp³-hybridized carbons (Fsp3) is 0.765. The van der Waals surface area contributed by atoms with Crippen LogP contribution < -0.4 is 0 Å². The Bertz CT molecular complexity index is 495. The van der Waals surface area contributed by atoms with Gasteiger partial charge in [-0.3, -0.25) is 24.4 Å². The van der Waals surface area contributed by atoms with E-state index in [2.05, 4.69) is 4.99 Å². The molecule has 24 heavy (non-hydrogen) atoms. The summed E-state index contributed by atoms with van der Waals surface area (Å²) in [5, 5.41) is 0. The Kier molecular flexibility index (Phi) is 8.64. The van der Waals surface area contributed by atoms with Crippen molar-refractivity contribution >= 4 is 23.7 Å². The maximum Gasteiger partial charge on any atom is 0.416 e. The number of ether oxygens (including phenoxy) is 1. The SMILES string of the molecule is CC(=O)C(C)CCCN=C(N(C)C(C)=O)N(C)C(=O)OC(C)(C)C. The zero-order chi connectivity index (χ0) is 19.1. The molecule has 0 spiro atoms. The highest BCUT2D eigenvalue weighted by molar-refractivity contribution is 6.02. The Labute approximate surface area is 145 Å². The van der Waals surface area contributed by atoms with Gasteiger partial charge in [-0.15, -0.1) is 0 Å². The molecular weight excluding hydrogens is 310 g/mol. The lowest BCUT2D eigenvalue weighted by Crippen LogP contribution is -2.47. The molecule has 0 radical (unpaired) electrons. The molecule has 0 aliphatic rings. The molecule has 138 valence electrons. The summed E-state index contributed by atoms with van der Waals surface area (Å²) in [6.45, 7) is 10.6. The zero-order valence-corrected chi connectivity index (χ0v) is 16.2. The first kappa shape index (κ1) is 22.1. The number of amides is 2. The second kappa shape index (κ2) is 9.39. The molecule has 7 heteroatoms. The van der Waals surface area contributed by atoms with E-state index in [-0.39, 0.29) is 23.6 Å². The molecule has 0 aromatic rings. The minimum absolute atomic E-state index is 0.0160. The summed E-state index contributed by atoms with van der Waals surface area (Å²) < 4.78 is 5.31. The fourth-order valence-electron chi connectivity index (χ4n) is 1.77. The summed E-state index contributed by atoms with van der Waals surface area (Å²) >= 11 is 0. The average molecular weight is 341 g/mol. The smallest absolute Gasteiger partial charge is 0.416 e. The minimum Gasteiger partial charge on any atom is -0.443 e. The van der Waals surface area contributed by atoms with Crippen LogP contribution in [0, 0.1) is 5.92 Å². The molecule has 7 nitrogen and oxygen atoms in total. The third-order valence-electron chi connectivity index (χ3n) is 3.48. The molecule has 0 rings (SSSR count). The second-order valence-electron chi connectivity index (χ2n) is 6.95. The molecular formula is C17H31N3O4. The number of hydrogen-bond acceptors (Lipinski definition) is 5. The topological polar surface area (TPSA) is 79.3 Å². The van der Waals surface area contributed by atoms with Gasteiger partial charge in [0.1, 0.15) is 11.4 Å². The molecule has 0 saturated heterocycles. The number of nitrogens with zero attached hydrogens (tertiary/aromatic N) is 3. The predicted octanol–water partition coefficient (Wildman–Crippen LogP) is 2.69. The van der Waals surface area contributed by atoms with E-state index in [0.717, 1.165) is 0 Å². The summed E-state index contributed by atoms with van der Waals surface area (Å²) in [6.07, 6.45) is 0.830. The van der Waals surface area contributed by atoms with Crippen molar-refractivity contribution in [2.75, 3.05) is 20.6 Å². The van der Waals surface area contributed by atoms with E-state index < -0.39 is 11.7 Å². The lowest BCUT2D eigenvalue weighted by atomic mass is 10.0. The number of Topliss-reactive ketones (excluding diaryl/α,β-unsaturated/α-hetero) is 1. The maximum absolute atomic E-state index is 12.2. The molecule has 0 saturated carbocycles. The van der Waals surface area contributed by atoms with E-state index >= 15 is 0 Å². The van der Waals surface area contributed by atoms with Crippen molar-refractivity contribution in [1.82, 2.24) is 9.80 Å². The van der Waals surface area contributed by atoms with E-state index in [4.69, 9.17) is 4.74 Å². The van der Waals surface area contributed by atoms with Gasteiger partial charge in [0.15, 0.2) is 0 Å². The predicted molar refractivity (Wildman–Crippen MR) is 93.8 cm³/mol. The molecule has 0 N–H and O–H groups in total. The van der Waals surface area contributed by atoms with Crippen molar-refractivity contribution in [2.45, 2.75) is 60.0 Å². The molecule has 1 atom stereocenters. The van der Waals surface area contributed by atoms with Crippen LogP contribution in [-0.4, -0.2) is 59.8 Å². The van der Waals surface area contributed by atoms with E-state index in [1.807, 2.05) is 6.92 Å². The van der Waals surface area contributed by atoms with Crippen molar-refractivity contribution < 1.29 is 19.1 Å². The number of ketones is 1. The molecule has 0 heterocycles. The van der Waals surface area contributed by atoms with E-state index in [1.54, 1.807) is 34.7 Å². The van der Waals surface area contributed by atoms with Crippen molar-refractivity contribution in [2.24, 2.45) is 10.9 Å². The van der Waals surface area contributed by atoms with Gasteiger partial charge < -0.3 is 4.74 Å². The monoisotopic (exact) mass is 341 g/mol. The van der Waals surface area contributed by atoms with Crippen molar-refractivity contribution in [1.29, 1.82) is 0 Å². The lowest BCUT2D eigenvalue weighted by Gasteiger charge is -2.28. The highest BCUT2D eigenvalue weighted by Crippen LogP contribution is 2.11. The van der Waals surface area contributed by atoms with Crippen molar-refractivity contribution in [3.05, 3.63) is 0 Å². The average Bonchev–Trinajstić information content (AvgIpc) is 2.43.